The molecule has 1 aliphatic rings. The van der Waals surface area contributed by atoms with Crippen molar-refractivity contribution in [2.45, 2.75) is 365 Å². The lowest BCUT2D eigenvalue weighted by molar-refractivity contribution is -0.302. The zero-order chi connectivity index (χ0) is 60.0. The highest BCUT2D eigenvalue weighted by Crippen LogP contribution is 2.24. The molecule has 1 saturated heterocycles. The molecule has 7 unspecified atom stereocenters. The first-order valence-corrected chi connectivity index (χ1v) is 35.3. The van der Waals surface area contributed by atoms with Crippen LogP contribution < -0.4 is 5.32 Å². The standard InChI is InChI=1S/C74H133NO8/c1-3-5-7-9-11-13-15-17-19-21-23-25-27-28-29-30-31-32-33-34-35-36-37-38-39-40-42-44-46-48-50-52-54-56-58-60-62-64-70(78)75-67(66-82-74-73(81)72(80)71(79)69(65-76)83-74)68(77)63-61-59-57-55-53-51-49-47-45-43-41-26-24-22-20-18-16-14-12-10-8-6-4-2/h5,7,11,13,17,19,23,25,28-29,31-32,34-35,67-69,71-74,76-77,79-81H,3-4,6,8-10,12,14-16,18,20-22,24,26-27,30,33,36-66H2,1-2H3,(H,75,78)/b7-5-,13-11-,19-17-,25-23-,29-28-,32-31-,35-34-. The van der Waals surface area contributed by atoms with Crippen molar-refractivity contribution in [1.82, 2.24) is 5.32 Å². The van der Waals surface area contributed by atoms with Crippen LogP contribution in [-0.4, -0.2) is 87.5 Å². The number of hydrogen-bond donors (Lipinski definition) is 6. The molecule has 0 spiro atoms. The van der Waals surface area contributed by atoms with Gasteiger partial charge in [-0.3, -0.25) is 4.79 Å². The zero-order valence-electron chi connectivity index (χ0n) is 53.9. The average Bonchev–Trinajstić information content (AvgIpc) is 3.60. The third-order valence-corrected chi connectivity index (χ3v) is 16.5. The number of carbonyl (C=O) groups excluding carboxylic acids is 1. The van der Waals surface area contributed by atoms with Gasteiger partial charge in [-0.15, -0.1) is 0 Å². The number of carbonyl (C=O) groups is 1. The van der Waals surface area contributed by atoms with E-state index in [1.165, 1.54) is 212 Å². The molecule has 482 valence electrons. The van der Waals surface area contributed by atoms with Crippen molar-refractivity contribution >= 4 is 5.91 Å². The van der Waals surface area contributed by atoms with E-state index in [1.807, 2.05) is 0 Å². The van der Waals surface area contributed by atoms with E-state index in [0.717, 1.165) is 83.5 Å². The summed E-state index contributed by atoms with van der Waals surface area (Å²) in [6.07, 6.45) is 82.1. The maximum atomic E-state index is 13.2. The van der Waals surface area contributed by atoms with Gasteiger partial charge in [-0.25, -0.2) is 0 Å². The summed E-state index contributed by atoms with van der Waals surface area (Å²) < 4.78 is 11.4. The van der Waals surface area contributed by atoms with E-state index in [1.54, 1.807) is 0 Å². The summed E-state index contributed by atoms with van der Waals surface area (Å²) in [5.74, 6) is -0.142. The lowest BCUT2D eigenvalue weighted by Gasteiger charge is -2.40. The number of amides is 1. The van der Waals surface area contributed by atoms with Crippen molar-refractivity contribution in [3.05, 3.63) is 85.1 Å². The van der Waals surface area contributed by atoms with E-state index < -0.39 is 49.5 Å². The van der Waals surface area contributed by atoms with Gasteiger partial charge in [0.05, 0.1) is 25.4 Å². The highest BCUT2D eigenvalue weighted by Gasteiger charge is 2.44. The predicted molar refractivity (Wildman–Crippen MR) is 355 cm³/mol. The predicted octanol–water partition coefficient (Wildman–Crippen LogP) is 19.3. The Morgan fingerprint density at radius 2 is 0.747 bits per heavy atom. The lowest BCUT2D eigenvalue weighted by atomic mass is 9.99. The van der Waals surface area contributed by atoms with E-state index in [9.17, 15) is 30.3 Å². The molecule has 83 heavy (non-hydrogen) atoms. The number of aliphatic hydroxyl groups excluding tert-OH is 5. The molecule has 6 N–H and O–H groups in total. The molecule has 0 aromatic carbocycles. The van der Waals surface area contributed by atoms with E-state index in [4.69, 9.17) is 9.47 Å². The number of allylic oxidation sites excluding steroid dienone is 14. The van der Waals surface area contributed by atoms with E-state index in [2.05, 4.69) is 104 Å². The number of aliphatic hydroxyl groups is 5. The van der Waals surface area contributed by atoms with Gasteiger partial charge < -0.3 is 40.3 Å². The van der Waals surface area contributed by atoms with Gasteiger partial charge in [0.15, 0.2) is 6.29 Å². The minimum atomic E-state index is -1.56. The molecule has 1 rings (SSSR count). The summed E-state index contributed by atoms with van der Waals surface area (Å²) in [5.41, 5.74) is 0. The molecule has 0 aromatic heterocycles. The first-order chi connectivity index (χ1) is 40.8. The molecule has 7 atom stereocenters. The Balaban J connectivity index is 2.10. The molecule has 9 heteroatoms. The van der Waals surface area contributed by atoms with Gasteiger partial charge in [0.25, 0.3) is 0 Å². The summed E-state index contributed by atoms with van der Waals surface area (Å²) in [5, 5.41) is 54.9. The van der Waals surface area contributed by atoms with Crippen LogP contribution in [0.3, 0.4) is 0 Å². The number of ether oxygens (including phenoxy) is 2. The first-order valence-electron chi connectivity index (χ1n) is 35.3. The van der Waals surface area contributed by atoms with Crippen LogP contribution in [-0.2, 0) is 14.3 Å². The van der Waals surface area contributed by atoms with Crippen LogP contribution >= 0.6 is 0 Å². The van der Waals surface area contributed by atoms with Crippen LogP contribution in [0.4, 0.5) is 0 Å². The van der Waals surface area contributed by atoms with Crippen LogP contribution in [0.15, 0.2) is 85.1 Å². The molecule has 9 nitrogen and oxygen atoms in total. The molecule has 1 amide bonds. The SMILES string of the molecule is CC/C=C\C/C=C\C/C=C\C/C=C\C/C=C\C/C=C\C/C=C\CCCCCCCCCCCCCCCCCC(=O)NC(COC1OC(CO)C(O)C(O)C1O)C(O)CCCCCCCCCCCCCCCCCCCCCCCCC. The van der Waals surface area contributed by atoms with Crippen LogP contribution in [0.25, 0.3) is 0 Å². The van der Waals surface area contributed by atoms with Gasteiger partial charge in [-0.2, -0.15) is 0 Å². The monoisotopic (exact) mass is 1160 g/mol. The second kappa shape index (κ2) is 62.4. The van der Waals surface area contributed by atoms with Gasteiger partial charge in [0.1, 0.15) is 24.4 Å². The summed E-state index contributed by atoms with van der Waals surface area (Å²) in [7, 11) is 0. The molecule has 1 fully saturated rings. The van der Waals surface area contributed by atoms with Gasteiger partial charge in [0, 0.05) is 6.42 Å². The van der Waals surface area contributed by atoms with Gasteiger partial charge in [-0.1, -0.05) is 330 Å². The fraction of sp³-hybridized carbons (Fsp3) is 0.797. The summed E-state index contributed by atoms with van der Waals surface area (Å²) in [6, 6.07) is -0.724. The molecular weight excluding hydrogens is 1030 g/mol. The largest absolute Gasteiger partial charge is 0.394 e. The molecular formula is C74H133NO8. The normalized spacial score (nSPS) is 18.8. The maximum Gasteiger partial charge on any atom is 0.220 e. The van der Waals surface area contributed by atoms with Gasteiger partial charge >= 0.3 is 0 Å². The fourth-order valence-corrected chi connectivity index (χ4v) is 11.0. The quantitative estimate of drug-likeness (QED) is 0.0261. The fourth-order valence-electron chi connectivity index (χ4n) is 11.0. The minimum Gasteiger partial charge on any atom is -0.394 e. The van der Waals surface area contributed by atoms with Crippen LogP contribution in [0.2, 0.25) is 0 Å². The highest BCUT2D eigenvalue weighted by atomic mass is 16.7. The van der Waals surface area contributed by atoms with E-state index in [0.29, 0.717) is 12.8 Å². The molecule has 0 aromatic rings. The third-order valence-electron chi connectivity index (χ3n) is 16.5. The molecule has 1 heterocycles. The summed E-state index contributed by atoms with van der Waals surface area (Å²) in [4.78, 5) is 13.2. The number of rotatable bonds is 61. The third kappa shape index (κ3) is 51.2. The topological polar surface area (TPSA) is 149 Å². The molecule has 0 radical (unpaired) electrons. The van der Waals surface area contributed by atoms with Crippen molar-refractivity contribution < 1.29 is 39.8 Å². The minimum absolute atomic E-state index is 0.138. The second-order valence-corrected chi connectivity index (χ2v) is 24.3. The smallest absolute Gasteiger partial charge is 0.220 e. The molecule has 1 aliphatic heterocycles. The van der Waals surface area contributed by atoms with Gasteiger partial charge in [0.2, 0.25) is 5.91 Å². The first kappa shape index (κ1) is 78.4. The van der Waals surface area contributed by atoms with Crippen molar-refractivity contribution in [3.63, 3.8) is 0 Å². The molecule has 0 aliphatic carbocycles. The van der Waals surface area contributed by atoms with E-state index in [-0.39, 0.29) is 12.5 Å². The van der Waals surface area contributed by atoms with Crippen LogP contribution in [0.5, 0.6) is 0 Å². The molecule has 0 saturated carbocycles. The lowest BCUT2D eigenvalue weighted by Crippen LogP contribution is -2.60. The maximum absolute atomic E-state index is 13.2. The number of hydrogen-bond acceptors (Lipinski definition) is 8. The number of unbranched alkanes of at least 4 members (excludes halogenated alkanes) is 37. The average molecular weight is 1160 g/mol. The van der Waals surface area contributed by atoms with Crippen molar-refractivity contribution in [1.29, 1.82) is 0 Å². The highest BCUT2D eigenvalue weighted by molar-refractivity contribution is 5.76. The zero-order valence-corrected chi connectivity index (χ0v) is 53.9. The van der Waals surface area contributed by atoms with Crippen molar-refractivity contribution in [2.75, 3.05) is 13.2 Å². The molecule has 0 bridgehead atoms. The Bertz CT molecular complexity index is 1590. The van der Waals surface area contributed by atoms with Crippen molar-refractivity contribution in [3.8, 4) is 0 Å². The van der Waals surface area contributed by atoms with E-state index >= 15 is 0 Å². The van der Waals surface area contributed by atoms with Gasteiger partial charge in [-0.05, 0) is 70.6 Å². The Hall–Kier alpha value is -2.63. The Labute approximate surface area is 511 Å². The summed E-state index contributed by atoms with van der Waals surface area (Å²) in [6.45, 7) is 3.76. The Kier molecular flexibility index (Phi) is 59.0. The Morgan fingerprint density at radius 1 is 0.422 bits per heavy atom. The van der Waals surface area contributed by atoms with Crippen LogP contribution in [0, 0.1) is 0 Å². The van der Waals surface area contributed by atoms with Crippen LogP contribution in [0.1, 0.15) is 322 Å². The van der Waals surface area contributed by atoms with Crippen molar-refractivity contribution in [2.24, 2.45) is 0 Å². The Morgan fingerprint density at radius 3 is 1.11 bits per heavy atom. The second-order valence-electron chi connectivity index (χ2n) is 24.3. The summed E-state index contributed by atoms with van der Waals surface area (Å²) >= 11 is 0. The number of nitrogens with one attached hydrogen (secondary N) is 1.